The molecule has 0 amide bonds. The average Bonchev–Trinajstić information content (AvgIpc) is 3.18. The zero-order valence-corrected chi connectivity index (χ0v) is 37.7. The number of carbonyl (C=O) groups is 3. The number of hydrogen-bond acceptors (Lipinski definition) is 6. The number of hydrogen-bond donors (Lipinski definition) is 1. The quantitative estimate of drug-likeness (QED) is 0.0285. The number of quaternary nitrogens is 1. The summed E-state index contributed by atoms with van der Waals surface area (Å²) in [5.74, 6) is -1.54. The molecule has 2 unspecified atom stereocenters. The molecule has 1 N–H and O–H groups in total. The lowest BCUT2D eigenvalue weighted by molar-refractivity contribution is -0.887. The Morgan fingerprint density at radius 1 is 0.517 bits per heavy atom. The molecule has 0 aromatic heterocycles. The number of rotatable bonds is 40. The van der Waals surface area contributed by atoms with Gasteiger partial charge in [0.1, 0.15) is 6.61 Å². The smallest absolute Gasteiger partial charge is 0.362 e. The molecule has 0 aliphatic heterocycles. The first-order valence-corrected chi connectivity index (χ1v) is 23.0. The first-order chi connectivity index (χ1) is 28.1. The molecule has 0 heterocycles. The van der Waals surface area contributed by atoms with Crippen molar-refractivity contribution < 1.29 is 38.2 Å². The van der Waals surface area contributed by atoms with Gasteiger partial charge in [-0.3, -0.25) is 9.59 Å². The van der Waals surface area contributed by atoms with Crippen LogP contribution in [-0.4, -0.2) is 80.6 Å². The van der Waals surface area contributed by atoms with Gasteiger partial charge in [0.05, 0.1) is 34.4 Å². The molecule has 0 fully saturated rings. The summed E-state index contributed by atoms with van der Waals surface area (Å²) in [6.45, 7) is 4.44. The van der Waals surface area contributed by atoms with Crippen LogP contribution >= 0.6 is 0 Å². The fraction of sp³-hybridized carbons (Fsp3) is 0.700. The van der Waals surface area contributed by atoms with Gasteiger partial charge in [-0.05, 0) is 70.6 Å². The highest BCUT2D eigenvalue weighted by Gasteiger charge is 2.31. The summed E-state index contributed by atoms with van der Waals surface area (Å²) in [5.41, 5.74) is 0. The van der Waals surface area contributed by atoms with Crippen molar-refractivity contribution in [3.63, 3.8) is 0 Å². The monoisotopic (exact) mass is 813 g/mol. The van der Waals surface area contributed by atoms with Crippen molar-refractivity contribution in [2.45, 2.75) is 187 Å². The van der Waals surface area contributed by atoms with Gasteiger partial charge in [0, 0.05) is 19.3 Å². The maximum Gasteiger partial charge on any atom is 0.362 e. The normalized spacial score (nSPS) is 13.6. The van der Waals surface area contributed by atoms with E-state index in [0.717, 1.165) is 64.2 Å². The number of unbranched alkanes of at least 4 members (excludes halogenated alkanes) is 14. The van der Waals surface area contributed by atoms with Gasteiger partial charge in [-0.2, -0.15) is 0 Å². The standard InChI is InChI=1S/C50H85NO7/c1-6-8-10-12-14-16-18-19-20-21-22-23-24-25-26-27-28-29-31-33-35-37-39-41-49(53)58-46(44-56-43-42-47(50(54)55)51(3,4)5)45-57-48(52)40-38-36-34-32-30-17-15-13-11-9-7-2/h8-11,14-17,19-20,32,34,46-47H,6-7,12-13,18,21-31,33,35-45H2,1-5H3/p+1/b10-8+,11-9+,16-14+,17-15+,20-19+,34-32+. The van der Waals surface area contributed by atoms with Crippen molar-refractivity contribution in [1.82, 2.24) is 0 Å². The molecule has 0 bridgehead atoms. The zero-order chi connectivity index (χ0) is 42.8. The lowest BCUT2D eigenvalue weighted by Crippen LogP contribution is -2.50. The second-order valence-corrected chi connectivity index (χ2v) is 16.2. The highest BCUT2D eigenvalue weighted by atomic mass is 16.6. The molecule has 0 saturated carbocycles. The van der Waals surface area contributed by atoms with E-state index >= 15 is 0 Å². The van der Waals surface area contributed by atoms with Crippen LogP contribution in [0.4, 0.5) is 0 Å². The van der Waals surface area contributed by atoms with E-state index < -0.39 is 18.1 Å². The molecule has 0 spiro atoms. The molecule has 2 atom stereocenters. The SMILES string of the molecule is CC/C=C/C/C=C/C/C=C/CCCCCCCCCCCCCCCC(=O)OC(COCCC(C(=O)O)[N+](C)(C)C)COC(=O)CCC/C=C/C/C=C/C/C=C/CC. The van der Waals surface area contributed by atoms with E-state index in [0.29, 0.717) is 19.3 Å². The van der Waals surface area contributed by atoms with Crippen LogP contribution in [0, 0.1) is 0 Å². The summed E-state index contributed by atoms with van der Waals surface area (Å²) in [6.07, 6.45) is 51.1. The van der Waals surface area contributed by atoms with E-state index in [4.69, 9.17) is 14.2 Å². The van der Waals surface area contributed by atoms with Crippen LogP contribution in [-0.2, 0) is 28.6 Å². The van der Waals surface area contributed by atoms with Crippen molar-refractivity contribution >= 4 is 17.9 Å². The number of carboxylic acids is 1. The molecular weight excluding hydrogens is 727 g/mol. The van der Waals surface area contributed by atoms with Gasteiger partial charge in [-0.1, -0.05) is 157 Å². The third-order valence-electron chi connectivity index (χ3n) is 9.85. The number of likely N-dealkylation sites (N-methyl/N-ethyl adjacent to an activating group) is 1. The summed E-state index contributed by atoms with van der Waals surface area (Å²) in [4.78, 5) is 36.9. The summed E-state index contributed by atoms with van der Waals surface area (Å²) < 4.78 is 17.2. The van der Waals surface area contributed by atoms with Crippen LogP contribution in [0.2, 0.25) is 0 Å². The van der Waals surface area contributed by atoms with Crippen molar-refractivity contribution in [1.29, 1.82) is 0 Å². The molecule has 0 aliphatic carbocycles. The average molecular weight is 813 g/mol. The number of allylic oxidation sites excluding steroid dienone is 12. The van der Waals surface area contributed by atoms with Crippen molar-refractivity contribution in [3.05, 3.63) is 72.9 Å². The minimum Gasteiger partial charge on any atom is -0.477 e. The molecule has 0 aromatic rings. The summed E-state index contributed by atoms with van der Waals surface area (Å²) in [7, 11) is 5.51. The van der Waals surface area contributed by atoms with Crippen molar-refractivity contribution in [3.8, 4) is 0 Å². The fourth-order valence-electron chi connectivity index (χ4n) is 6.36. The predicted molar refractivity (Wildman–Crippen MR) is 243 cm³/mol. The maximum absolute atomic E-state index is 12.7. The Balaban J connectivity index is 4.25. The predicted octanol–water partition coefficient (Wildman–Crippen LogP) is 12.7. The van der Waals surface area contributed by atoms with Gasteiger partial charge in [0.25, 0.3) is 0 Å². The first-order valence-electron chi connectivity index (χ1n) is 23.0. The number of aliphatic carboxylic acids is 1. The molecule has 332 valence electrons. The van der Waals surface area contributed by atoms with Crippen LogP contribution in [0.15, 0.2) is 72.9 Å². The van der Waals surface area contributed by atoms with Gasteiger partial charge in [-0.15, -0.1) is 0 Å². The summed E-state index contributed by atoms with van der Waals surface area (Å²) >= 11 is 0. The minimum absolute atomic E-state index is 0.0424. The molecule has 8 nitrogen and oxygen atoms in total. The number of nitrogens with zero attached hydrogens (tertiary/aromatic N) is 1. The lowest BCUT2D eigenvalue weighted by Gasteiger charge is -2.31. The van der Waals surface area contributed by atoms with Gasteiger partial charge in [-0.25, -0.2) is 4.79 Å². The Morgan fingerprint density at radius 2 is 0.931 bits per heavy atom. The molecule has 0 radical (unpaired) electrons. The maximum atomic E-state index is 12.7. The van der Waals surface area contributed by atoms with Gasteiger partial charge in [0.15, 0.2) is 12.1 Å². The topological polar surface area (TPSA) is 99.1 Å². The van der Waals surface area contributed by atoms with E-state index in [9.17, 15) is 19.5 Å². The van der Waals surface area contributed by atoms with E-state index in [1.165, 1.54) is 70.6 Å². The largest absolute Gasteiger partial charge is 0.477 e. The number of esters is 2. The van der Waals surface area contributed by atoms with E-state index in [1.54, 1.807) is 0 Å². The van der Waals surface area contributed by atoms with E-state index in [1.807, 2.05) is 21.1 Å². The van der Waals surface area contributed by atoms with Crippen molar-refractivity contribution in [2.24, 2.45) is 0 Å². The highest BCUT2D eigenvalue weighted by Crippen LogP contribution is 2.15. The second kappa shape index (κ2) is 40.5. The molecule has 8 heteroatoms. The molecule has 0 aliphatic rings. The molecule has 0 rings (SSSR count). The lowest BCUT2D eigenvalue weighted by atomic mass is 10.0. The third-order valence-corrected chi connectivity index (χ3v) is 9.85. The third kappa shape index (κ3) is 38.3. The Labute approximate surface area is 355 Å². The van der Waals surface area contributed by atoms with Crippen molar-refractivity contribution in [2.75, 3.05) is 41.0 Å². The number of ether oxygens (including phenoxy) is 3. The zero-order valence-electron chi connectivity index (χ0n) is 37.7. The first kappa shape index (κ1) is 54.8. The Bertz CT molecular complexity index is 1180. The van der Waals surface area contributed by atoms with Crippen LogP contribution in [0.25, 0.3) is 0 Å². The fourth-order valence-corrected chi connectivity index (χ4v) is 6.36. The van der Waals surface area contributed by atoms with E-state index in [2.05, 4.69) is 86.8 Å². The summed E-state index contributed by atoms with van der Waals surface area (Å²) in [5, 5.41) is 9.62. The summed E-state index contributed by atoms with van der Waals surface area (Å²) in [6, 6.07) is -0.624. The number of carboxylic acid groups (broad SMARTS) is 1. The Hall–Kier alpha value is -3.23. The van der Waals surface area contributed by atoms with Crippen LogP contribution in [0.3, 0.4) is 0 Å². The molecule has 0 saturated heterocycles. The van der Waals surface area contributed by atoms with Gasteiger partial charge < -0.3 is 23.8 Å². The van der Waals surface area contributed by atoms with Crippen LogP contribution < -0.4 is 0 Å². The molecular formula is C50H86NO7+. The minimum atomic E-state index is -0.884. The Morgan fingerprint density at radius 3 is 1.40 bits per heavy atom. The van der Waals surface area contributed by atoms with E-state index in [-0.39, 0.29) is 42.7 Å². The van der Waals surface area contributed by atoms with Gasteiger partial charge in [0.2, 0.25) is 0 Å². The second-order valence-electron chi connectivity index (χ2n) is 16.2. The van der Waals surface area contributed by atoms with Crippen LogP contribution in [0.1, 0.15) is 174 Å². The molecule has 0 aromatic carbocycles. The molecule has 58 heavy (non-hydrogen) atoms. The van der Waals surface area contributed by atoms with Gasteiger partial charge >= 0.3 is 17.9 Å². The Kier molecular flexibility index (Phi) is 38.3. The number of carbonyl (C=O) groups excluding carboxylic acids is 2. The van der Waals surface area contributed by atoms with Crippen LogP contribution in [0.5, 0.6) is 0 Å². The highest BCUT2D eigenvalue weighted by molar-refractivity contribution is 5.72.